The number of nitrogen functional groups attached to an aromatic ring is 1. The van der Waals surface area contributed by atoms with Gasteiger partial charge in [0.2, 0.25) is 0 Å². The molecule has 110 valence electrons. The molecule has 0 radical (unpaired) electrons. The third-order valence-corrected chi connectivity index (χ3v) is 3.03. The van der Waals surface area contributed by atoms with E-state index in [4.69, 9.17) is 15.6 Å². The number of benzene rings is 1. The van der Waals surface area contributed by atoms with Crippen LogP contribution in [0.2, 0.25) is 0 Å². The second-order valence-corrected chi connectivity index (χ2v) is 4.66. The van der Waals surface area contributed by atoms with Gasteiger partial charge >= 0.3 is 5.97 Å². The molecule has 1 aromatic carbocycles. The SMILES string of the molecule is Nc1cccc(Oc2ccnc(-c3cc(C(=O)O)c[nH]3)c2)c1. The molecule has 0 bridgehead atoms. The summed E-state index contributed by atoms with van der Waals surface area (Å²) in [6.45, 7) is 0. The lowest BCUT2D eigenvalue weighted by atomic mass is 10.2. The first-order chi connectivity index (χ1) is 10.6. The van der Waals surface area contributed by atoms with Gasteiger partial charge in [-0.05, 0) is 24.3 Å². The van der Waals surface area contributed by atoms with E-state index < -0.39 is 5.97 Å². The van der Waals surface area contributed by atoms with Gasteiger partial charge in [0.1, 0.15) is 11.5 Å². The van der Waals surface area contributed by atoms with E-state index in [1.54, 1.807) is 42.6 Å². The van der Waals surface area contributed by atoms with Crippen molar-refractivity contribution >= 4 is 11.7 Å². The molecule has 3 aromatic rings. The zero-order valence-corrected chi connectivity index (χ0v) is 11.5. The maximum atomic E-state index is 10.9. The molecule has 0 saturated heterocycles. The minimum absolute atomic E-state index is 0.180. The molecule has 0 aliphatic carbocycles. The Kier molecular flexibility index (Phi) is 3.49. The molecule has 6 nitrogen and oxygen atoms in total. The van der Waals surface area contributed by atoms with Crippen LogP contribution in [0.5, 0.6) is 11.5 Å². The normalized spacial score (nSPS) is 10.4. The second-order valence-electron chi connectivity index (χ2n) is 4.66. The van der Waals surface area contributed by atoms with Gasteiger partial charge in [0.05, 0.1) is 17.0 Å². The Bertz CT molecular complexity index is 827. The molecule has 6 heteroatoms. The Hall–Kier alpha value is -3.28. The second kappa shape index (κ2) is 5.61. The summed E-state index contributed by atoms with van der Waals surface area (Å²) in [4.78, 5) is 18.0. The summed E-state index contributed by atoms with van der Waals surface area (Å²) in [5, 5.41) is 8.94. The molecule has 0 unspecified atom stereocenters. The minimum atomic E-state index is -0.991. The fourth-order valence-electron chi connectivity index (χ4n) is 2.00. The van der Waals surface area contributed by atoms with Crippen molar-refractivity contribution in [1.82, 2.24) is 9.97 Å². The van der Waals surface area contributed by atoms with Crippen LogP contribution in [0.4, 0.5) is 5.69 Å². The highest BCUT2D eigenvalue weighted by Crippen LogP contribution is 2.26. The quantitative estimate of drug-likeness (QED) is 0.642. The summed E-state index contributed by atoms with van der Waals surface area (Å²) in [5.74, 6) is 0.214. The van der Waals surface area contributed by atoms with Gasteiger partial charge in [-0.1, -0.05) is 6.07 Å². The van der Waals surface area contributed by atoms with Crippen LogP contribution in [0.25, 0.3) is 11.4 Å². The van der Waals surface area contributed by atoms with Crippen LogP contribution in [0.1, 0.15) is 10.4 Å². The molecule has 3 rings (SSSR count). The summed E-state index contributed by atoms with van der Waals surface area (Å²) in [7, 11) is 0. The molecule has 0 aliphatic rings. The lowest BCUT2D eigenvalue weighted by Gasteiger charge is -2.07. The van der Waals surface area contributed by atoms with E-state index in [2.05, 4.69) is 9.97 Å². The monoisotopic (exact) mass is 295 g/mol. The number of carbonyl (C=O) groups is 1. The highest BCUT2D eigenvalue weighted by Gasteiger charge is 2.09. The maximum Gasteiger partial charge on any atom is 0.337 e. The van der Waals surface area contributed by atoms with Crippen LogP contribution in [-0.2, 0) is 0 Å². The third-order valence-electron chi connectivity index (χ3n) is 3.03. The van der Waals surface area contributed by atoms with Gasteiger partial charge in [-0.3, -0.25) is 4.98 Å². The Labute approximate surface area is 126 Å². The van der Waals surface area contributed by atoms with E-state index in [1.807, 2.05) is 0 Å². The summed E-state index contributed by atoms with van der Waals surface area (Å²) in [6.07, 6.45) is 3.02. The highest BCUT2D eigenvalue weighted by molar-refractivity contribution is 5.89. The summed E-state index contributed by atoms with van der Waals surface area (Å²) in [6, 6.07) is 12.1. The first kappa shape index (κ1) is 13.7. The van der Waals surface area contributed by atoms with Crippen molar-refractivity contribution < 1.29 is 14.6 Å². The van der Waals surface area contributed by atoms with Gasteiger partial charge in [-0.2, -0.15) is 0 Å². The lowest BCUT2D eigenvalue weighted by Crippen LogP contribution is -1.92. The molecule has 0 atom stereocenters. The van der Waals surface area contributed by atoms with Crippen LogP contribution in [-0.4, -0.2) is 21.0 Å². The molecule has 0 saturated carbocycles. The smallest absolute Gasteiger partial charge is 0.337 e. The van der Waals surface area contributed by atoms with Crippen molar-refractivity contribution in [3.63, 3.8) is 0 Å². The summed E-state index contributed by atoms with van der Waals surface area (Å²) in [5.41, 5.74) is 7.70. The molecular formula is C16H13N3O3. The number of nitrogens with one attached hydrogen (secondary N) is 1. The zero-order chi connectivity index (χ0) is 15.5. The Morgan fingerprint density at radius 3 is 2.73 bits per heavy atom. The predicted octanol–water partition coefficient (Wildman–Crippen LogP) is 3.15. The Morgan fingerprint density at radius 1 is 1.18 bits per heavy atom. The van der Waals surface area contributed by atoms with E-state index >= 15 is 0 Å². The fourth-order valence-corrected chi connectivity index (χ4v) is 2.00. The van der Waals surface area contributed by atoms with Gasteiger partial charge < -0.3 is 20.6 Å². The lowest BCUT2D eigenvalue weighted by molar-refractivity contribution is 0.0697. The number of pyridine rings is 1. The molecule has 0 fully saturated rings. The van der Waals surface area contributed by atoms with Gasteiger partial charge in [-0.25, -0.2) is 4.79 Å². The number of nitrogens with two attached hydrogens (primary N) is 1. The Balaban J connectivity index is 1.87. The van der Waals surface area contributed by atoms with Gasteiger partial charge in [0.15, 0.2) is 0 Å². The molecule has 2 heterocycles. The first-order valence-electron chi connectivity index (χ1n) is 6.53. The van der Waals surface area contributed by atoms with Crippen molar-refractivity contribution in [2.45, 2.75) is 0 Å². The average Bonchev–Trinajstić information content (AvgIpc) is 2.97. The standard InChI is InChI=1S/C16H13N3O3/c17-11-2-1-3-12(7-11)22-13-4-5-18-15(8-13)14-6-10(9-19-14)16(20)21/h1-9,19H,17H2,(H,20,21). The van der Waals surface area contributed by atoms with Crippen LogP contribution < -0.4 is 10.5 Å². The number of anilines is 1. The van der Waals surface area contributed by atoms with Crippen LogP contribution in [0.15, 0.2) is 54.9 Å². The van der Waals surface area contributed by atoms with Crippen LogP contribution in [0.3, 0.4) is 0 Å². The van der Waals surface area contributed by atoms with E-state index in [0.29, 0.717) is 28.6 Å². The first-order valence-corrected chi connectivity index (χ1v) is 6.53. The van der Waals surface area contributed by atoms with E-state index in [1.165, 1.54) is 12.3 Å². The number of aromatic nitrogens is 2. The van der Waals surface area contributed by atoms with Gasteiger partial charge in [-0.15, -0.1) is 0 Å². The predicted molar refractivity (Wildman–Crippen MR) is 81.9 cm³/mol. The van der Waals surface area contributed by atoms with Gasteiger partial charge in [0.25, 0.3) is 0 Å². The maximum absolute atomic E-state index is 10.9. The molecule has 0 spiro atoms. The third kappa shape index (κ3) is 2.90. The Morgan fingerprint density at radius 2 is 2.00 bits per heavy atom. The van der Waals surface area contributed by atoms with Crippen molar-refractivity contribution in [3.8, 4) is 22.9 Å². The molecule has 2 aromatic heterocycles. The molecule has 4 N–H and O–H groups in total. The van der Waals surface area contributed by atoms with Crippen molar-refractivity contribution in [3.05, 3.63) is 60.4 Å². The summed E-state index contributed by atoms with van der Waals surface area (Å²) >= 11 is 0. The van der Waals surface area contributed by atoms with Crippen LogP contribution in [0, 0.1) is 0 Å². The minimum Gasteiger partial charge on any atom is -0.478 e. The number of carboxylic acid groups (broad SMARTS) is 1. The van der Waals surface area contributed by atoms with Crippen molar-refractivity contribution in [2.75, 3.05) is 5.73 Å². The molecule has 0 aliphatic heterocycles. The fraction of sp³-hybridized carbons (Fsp3) is 0. The number of aromatic amines is 1. The number of aromatic carboxylic acids is 1. The zero-order valence-electron chi connectivity index (χ0n) is 11.5. The van der Waals surface area contributed by atoms with Crippen molar-refractivity contribution in [2.24, 2.45) is 0 Å². The topological polar surface area (TPSA) is 101 Å². The number of hydrogen-bond donors (Lipinski definition) is 3. The number of hydrogen-bond acceptors (Lipinski definition) is 4. The van der Waals surface area contributed by atoms with E-state index in [9.17, 15) is 4.79 Å². The van der Waals surface area contributed by atoms with Crippen molar-refractivity contribution in [1.29, 1.82) is 0 Å². The molecule has 22 heavy (non-hydrogen) atoms. The molecule has 0 amide bonds. The average molecular weight is 295 g/mol. The van der Waals surface area contributed by atoms with Gasteiger partial charge in [0, 0.05) is 30.2 Å². The molecular weight excluding hydrogens is 282 g/mol. The number of H-pyrrole nitrogens is 1. The number of ether oxygens (including phenoxy) is 1. The number of carboxylic acids is 1. The van der Waals surface area contributed by atoms with Crippen LogP contribution >= 0.6 is 0 Å². The summed E-state index contributed by atoms with van der Waals surface area (Å²) < 4.78 is 5.73. The number of nitrogens with zero attached hydrogens (tertiary/aromatic N) is 1. The van der Waals surface area contributed by atoms with E-state index in [0.717, 1.165) is 0 Å². The largest absolute Gasteiger partial charge is 0.478 e. The van der Waals surface area contributed by atoms with E-state index in [-0.39, 0.29) is 5.56 Å². The number of rotatable bonds is 4. The highest BCUT2D eigenvalue weighted by atomic mass is 16.5.